The van der Waals surface area contributed by atoms with Gasteiger partial charge < -0.3 is 14.2 Å². The van der Waals surface area contributed by atoms with Gasteiger partial charge in [-0.2, -0.15) is 0 Å². The molecule has 1 saturated heterocycles. The molecule has 0 bridgehead atoms. The second kappa shape index (κ2) is 8.29. The van der Waals surface area contributed by atoms with Crippen molar-refractivity contribution in [2.45, 2.75) is 52.0 Å². The normalized spacial score (nSPS) is 18.2. The van der Waals surface area contributed by atoms with Gasteiger partial charge in [-0.15, -0.1) is 0 Å². The van der Waals surface area contributed by atoms with Crippen LogP contribution in [0.15, 0.2) is 78.9 Å². The standard InChI is InChI=1S/C29H32BNO2/c1-28(2)29(3,4)33-30(32-28)27-17-11-8-14-23(27)19-31(5)20-26-24-15-9-6-12-21(24)18-22-13-7-10-16-25(22)26/h6-18H,19-20H2,1-5H3/p+1. The Kier molecular flexibility index (Phi) is 5.56. The van der Waals surface area contributed by atoms with Crippen molar-refractivity contribution in [1.82, 2.24) is 0 Å². The number of hydrogen-bond acceptors (Lipinski definition) is 2. The summed E-state index contributed by atoms with van der Waals surface area (Å²) in [6, 6.07) is 28.3. The zero-order valence-electron chi connectivity index (χ0n) is 20.3. The summed E-state index contributed by atoms with van der Waals surface area (Å²) in [5, 5.41) is 5.29. The van der Waals surface area contributed by atoms with Crippen molar-refractivity contribution in [3.63, 3.8) is 0 Å². The van der Waals surface area contributed by atoms with Crippen LogP contribution < -0.4 is 10.4 Å². The number of hydrogen-bond donors (Lipinski definition) is 1. The molecule has 1 atom stereocenters. The monoisotopic (exact) mass is 438 g/mol. The Labute approximate surface area is 197 Å². The third-order valence-electron chi connectivity index (χ3n) is 7.42. The molecule has 0 radical (unpaired) electrons. The van der Waals surface area contributed by atoms with Crippen molar-refractivity contribution in [1.29, 1.82) is 0 Å². The van der Waals surface area contributed by atoms with E-state index in [-0.39, 0.29) is 18.3 Å². The Bertz CT molecular complexity index is 1240. The Balaban J connectivity index is 1.46. The summed E-state index contributed by atoms with van der Waals surface area (Å²) >= 11 is 0. The first kappa shape index (κ1) is 22.2. The summed E-state index contributed by atoms with van der Waals surface area (Å²) in [4.78, 5) is 1.43. The maximum atomic E-state index is 6.37. The fourth-order valence-electron chi connectivity index (χ4n) is 4.88. The summed E-state index contributed by atoms with van der Waals surface area (Å²) in [5.74, 6) is 0. The Morgan fingerprint density at radius 3 is 1.82 bits per heavy atom. The van der Waals surface area contributed by atoms with Crippen LogP contribution in [-0.2, 0) is 22.4 Å². The summed E-state index contributed by atoms with van der Waals surface area (Å²) in [6.07, 6.45) is 0. The molecule has 1 fully saturated rings. The summed E-state index contributed by atoms with van der Waals surface area (Å²) in [7, 11) is 1.94. The first-order valence-corrected chi connectivity index (χ1v) is 11.9. The van der Waals surface area contributed by atoms with E-state index in [9.17, 15) is 0 Å². The molecule has 4 aromatic rings. The van der Waals surface area contributed by atoms with Crippen molar-refractivity contribution >= 4 is 34.1 Å². The van der Waals surface area contributed by atoms with Gasteiger partial charge in [0.2, 0.25) is 0 Å². The SMILES string of the molecule is C[NH+](Cc1ccccc1B1OC(C)(C)C(C)(C)O1)Cc1c2ccccc2cc2ccccc12. The predicted molar refractivity (Wildman–Crippen MR) is 138 cm³/mol. The van der Waals surface area contributed by atoms with Gasteiger partial charge >= 0.3 is 7.12 Å². The summed E-state index contributed by atoms with van der Waals surface area (Å²) < 4.78 is 12.7. The molecule has 3 nitrogen and oxygen atoms in total. The smallest absolute Gasteiger partial charge is 0.399 e. The topological polar surface area (TPSA) is 22.9 Å². The van der Waals surface area contributed by atoms with E-state index < -0.39 is 0 Å². The minimum absolute atomic E-state index is 0.336. The van der Waals surface area contributed by atoms with Gasteiger partial charge in [0.1, 0.15) is 13.1 Å². The van der Waals surface area contributed by atoms with E-state index in [4.69, 9.17) is 9.31 Å². The molecular formula is C29H33BNO2+. The number of quaternary nitrogens is 1. The molecular weight excluding hydrogens is 405 g/mol. The molecule has 0 spiro atoms. The van der Waals surface area contributed by atoms with Gasteiger partial charge in [-0.3, -0.25) is 0 Å². The van der Waals surface area contributed by atoms with Crippen molar-refractivity contribution in [3.05, 3.63) is 90.0 Å². The molecule has 1 N–H and O–H groups in total. The van der Waals surface area contributed by atoms with Crippen LogP contribution in [0, 0.1) is 0 Å². The Hall–Kier alpha value is -2.66. The van der Waals surface area contributed by atoms with Crippen molar-refractivity contribution in [3.8, 4) is 0 Å². The van der Waals surface area contributed by atoms with Crippen LogP contribution in [0.5, 0.6) is 0 Å². The fraction of sp³-hybridized carbons (Fsp3) is 0.310. The molecule has 33 heavy (non-hydrogen) atoms. The molecule has 0 aliphatic carbocycles. The van der Waals surface area contributed by atoms with Crippen molar-refractivity contribution < 1.29 is 14.2 Å². The molecule has 168 valence electrons. The van der Waals surface area contributed by atoms with Crippen molar-refractivity contribution in [2.24, 2.45) is 0 Å². The fourth-order valence-corrected chi connectivity index (χ4v) is 4.88. The second-order valence-electron chi connectivity index (χ2n) is 10.4. The summed E-state index contributed by atoms with van der Waals surface area (Å²) in [6.45, 7) is 10.3. The zero-order chi connectivity index (χ0) is 23.2. The van der Waals surface area contributed by atoms with Gasteiger partial charge in [-0.1, -0.05) is 72.8 Å². The largest absolute Gasteiger partial charge is 0.495 e. The number of fused-ring (bicyclic) bond motifs is 2. The average molecular weight is 438 g/mol. The molecule has 1 aliphatic rings. The molecule has 1 heterocycles. The number of rotatable bonds is 5. The van der Waals surface area contributed by atoms with E-state index in [1.54, 1.807) is 0 Å². The van der Waals surface area contributed by atoms with E-state index in [1.165, 1.54) is 37.6 Å². The molecule has 0 saturated carbocycles. The van der Waals surface area contributed by atoms with Crippen LogP contribution in [0.2, 0.25) is 0 Å². The third kappa shape index (κ3) is 4.08. The van der Waals surface area contributed by atoms with E-state index in [1.807, 2.05) is 0 Å². The van der Waals surface area contributed by atoms with E-state index >= 15 is 0 Å². The lowest BCUT2D eigenvalue weighted by molar-refractivity contribution is -0.907. The molecule has 4 aromatic carbocycles. The third-order valence-corrected chi connectivity index (χ3v) is 7.42. The minimum Gasteiger partial charge on any atom is -0.399 e. The highest BCUT2D eigenvalue weighted by atomic mass is 16.7. The van der Waals surface area contributed by atoms with Crippen LogP contribution in [0.1, 0.15) is 38.8 Å². The molecule has 4 heteroatoms. The lowest BCUT2D eigenvalue weighted by Crippen LogP contribution is -3.06. The molecule has 5 rings (SSSR count). The van der Waals surface area contributed by atoms with Crippen LogP contribution in [0.25, 0.3) is 21.5 Å². The highest BCUT2D eigenvalue weighted by Crippen LogP contribution is 2.36. The molecule has 1 aliphatic heterocycles. The van der Waals surface area contributed by atoms with Crippen LogP contribution in [0.4, 0.5) is 0 Å². The maximum Gasteiger partial charge on any atom is 0.495 e. The van der Waals surface area contributed by atoms with Crippen molar-refractivity contribution in [2.75, 3.05) is 7.05 Å². The number of benzene rings is 4. The second-order valence-corrected chi connectivity index (χ2v) is 10.4. The lowest BCUT2D eigenvalue weighted by atomic mass is 9.76. The quantitative estimate of drug-likeness (QED) is 0.366. The maximum absolute atomic E-state index is 6.37. The van der Waals surface area contributed by atoms with Gasteiger partial charge in [-0.25, -0.2) is 0 Å². The predicted octanol–water partition coefficient (Wildman–Crippen LogP) is 4.51. The van der Waals surface area contributed by atoms with E-state index in [2.05, 4.69) is 114 Å². The highest BCUT2D eigenvalue weighted by molar-refractivity contribution is 6.62. The van der Waals surface area contributed by atoms with E-state index in [0.29, 0.717) is 0 Å². The molecule has 0 aromatic heterocycles. The van der Waals surface area contributed by atoms with Gasteiger partial charge in [0.25, 0.3) is 0 Å². The lowest BCUT2D eigenvalue weighted by Gasteiger charge is -2.32. The first-order chi connectivity index (χ1) is 15.7. The van der Waals surface area contributed by atoms with Crippen LogP contribution in [-0.4, -0.2) is 25.4 Å². The molecule has 0 amide bonds. The van der Waals surface area contributed by atoms with Gasteiger partial charge in [0, 0.05) is 11.1 Å². The van der Waals surface area contributed by atoms with E-state index in [0.717, 1.165) is 18.6 Å². The van der Waals surface area contributed by atoms with Gasteiger partial charge in [0.05, 0.1) is 18.2 Å². The molecule has 1 unspecified atom stereocenters. The van der Waals surface area contributed by atoms with Crippen LogP contribution >= 0.6 is 0 Å². The number of nitrogens with one attached hydrogen (secondary N) is 1. The highest BCUT2D eigenvalue weighted by Gasteiger charge is 2.52. The van der Waals surface area contributed by atoms with Gasteiger partial charge in [0.15, 0.2) is 0 Å². The van der Waals surface area contributed by atoms with Gasteiger partial charge in [-0.05, 0) is 60.8 Å². The zero-order valence-corrected chi connectivity index (χ0v) is 20.3. The Morgan fingerprint density at radius 1 is 0.697 bits per heavy atom. The first-order valence-electron chi connectivity index (χ1n) is 11.9. The summed E-state index contributed by atoms with van der Waals surface area (Å²) in [5.41, 5.74) is 3.14. The Morgan fingerprint density at radius 2 is 1.21 bits per heavy atom. The average Bonchev–Trinajstić information content (AvgIpc) is 3.00. The minimum atomic E-state index is -0.342. The van der Waals surface area contributed by atoms with Crippen LogP contribution in [0.3, 0.4) is 0 Å².